The van der Waals surface area contributed by atoms with Crippen molar-refractivity contribution in [3.63, 3.8) is 0 Å². The Morgan fingerprint density at radius 2 is 1.77 bits per heavy atom. The van der Waals surface area contributed by atoms with Crippen molar-refractivity contribution >= 4 is 16.8 Å². The van der Waals surface area contributed by atoms with Crippen LogP contribution in [-0.2, 0) is 11.2 Å². The Bertz CT molecular complexity index is 944. The van der Waals surface area contributed by atoms with Gasteiger partial charge in [-0.3, -0.25) is 9.69 Å². The molecule has 0 aliphatic carbocycles. The molecule has 0 radical (unpaired) electrons. The van der Waals surface area contributed by atoms with E-state index in [1.807, 2.05) is 12.1 Å². The third-order valence-corrected chi connectivity index (χ3v) is 6.10. The van der Waals surface area contributed by atoms with Gasteiger partial charge in [0.2, 0.25) is 5.91 Å². The van der Waals surface area contributed by atoms with Crippen LogP contribution in [0, 0.1) is 0 Å². The third-order valence-electron chi connectivity index (χ3n) is 6.10. The quantitative estimate of drug-likeness (QED) is 0.603. The lowest BCUT2D eigenvalue weighted by molar-refractivity contribution is -0.122. The minimum Gasteiger partial charge on any atom is -0.361 e. The van der Waals surface area contributed by atoms with Crippen molar-refractivity contribution in [3.05, 3.63) is 71.9 Å². The first-order valence-corrected chi connectivity index (χ1v) is 11.0. The Morgan fingerprint density at radius 1 is 1.03 bits per heavy atom. The van der Waals surface area contributed by atoms with Crippen LogP contribution in [0.25, 0.3) is 10.9 Å². The van der Waals surface area contributed by atoms with Crippen molar-refractivity contribution in [2.45, 2.75) is 25.3 Å². The van der Waals surface area contributed by atoms with Crippen LogP contribution in [0.5, 0.6) is 0 Å². The fraction of sp³-hybridized carbons (Fsp3) is 0.400. The number of aromatic amines is 1. The number of nitrogens with one attached hydrogen (secondary N) is 2. The van der Waals surface area contributed by atoms with E-state index < -0.39 is 0 Å². The van der Waals surface area contributed by atoms with E-state index in [2.05, 4.69) is 75.8 Å². The second kappa shape index (κ2) is 9.92. The van der Waals surface area contributed by atoms with Gasteiger partial charge in [-0.1, -0.05) is 48.5 Å². The second-order valence-electron chi connectivity index (χ2n) is 8.35. The van der Waals surface area contributed by atoms with Gasteiger partial charge < -0.3 is 15.2 Å². The lowest BCUT2D eigenvalue weighted by atomic mass is 10.0. The van der Waals surface area contributed by atoms with Gasteiger partial charge in [-0.15, -0.1) is 0 Å². The first kappa shape index (κ1) is 20.6. The summed E-state index contributed by atoms with van der Waals surface area (Å²) in [7, 11) is 2.17. The number of hydrogen-bond donors (Lipinski definition) is 2. The van der Waals surface area contributed by atoms with Gasteiger partial charge in [0, 0.05) is 56.2 Å². The fourth-order valence-corrected chi connectivity index (χ4v) is 4.25. The smallest absolute Gasteiger partial charge is 0.220 e. The van der Waals surface area contributed by atoms with Gasteiger partial charge >= 0.3 is 0 Å². The van der Waals surface area contributed by atoms with Crippen LogP contribution in [0.1, 0.15) is 30.0 Å². The highest BCUT2D eigenvalue weighted by Crippen LogP contribution is 2.20. The predicted molar refractivity (Wildman–Crippen MR) is 122 cm³/mol. The number of aromatic nitrogens is 1. The number of rotatable bonds is 8. The topological polar surface area (TPSA) is 51.4 Å². The summed E-state index contributed by atoms with van der Waals surface area (Å²) in [6.45, 7) is 5.14. The number of nitrogens with zero attached hydrogens (tertiary/aromatic N) is 2. The zero-order valence-corrected chi connectivity index (χ0v) is 17.8. The molecule has 1 amide bonds. The van der Waals surface area contributed by atoms with E-state index in [1.165, 1.54) is 16.5 Å². The van der Waals surface area contributed by atoms with E-state index in [9.17, 15) is 4.79 Å². The van der Waals surface area contributed by atoms with Crippen LogP contribution in [0.15, 0.2) is 60.8 Å². The number of amides is 1. The lowest BCUT2D eigenvalue weighted by Gasteiger charge is -2.35. The van der Waals surface area contributed by atoms with E-state index >= 15 is 0 Å². The van der Waals surface area contributed by atoms with Crippen molar-refractivity contribution in [2.24, 2.45) is 0 Å². The molecule has 30 heavy (non-hydrogen) atoms. The lowest BCUT2D eigenvalue weighted by Crippen LogP contribution is -2.47. The Hall–Kier alpha value is -2.63. The van der Waals surface area contributed by atoms with Gasteiger partial charge in [0.1, 0.15) is 0 Å². The van der Waals surface area contributed by atoms with E-state index in [1.54, 1.807) is 0 Å². The maximum absolute atomic E-state index is 12.8. The monoisotopic (exact) mass is 404 g/mol. The standard InChI is InChI=1S/C25H32N4O/c1-28-14-16-29(17-15-28)19-24(20-8-3-2-4-9-20)27-25(30)13-7-10-21-18-26-23-12-6-5-11-22(21)23/h2-6,8-9,11-12,18,24,26H,7,10,13-17,19H2,1H3,(H,27,30). The molecule has 3 aromatic rings. The predicted octanol–water partition coefficient (Wildman–Crippen LogP) is 3.60. The third kappa shape index (κ3) is 5.29. The second-order valence-corrected chi connectivity index (χ2v) is 8.35. The number of likely N-dealkylation sites (N-methyl/N-ethyl adjacent to an activating group) is 1. The molecule has 0 bridgehead atoms. The normalized spacial score (nSPS) is 16.6. The van der Waals surface area contributed by atoms with Gasteiger partial charge in [0.25, 0.3) is 0 Å². The Labute approximate surface area is 179 Å². The van der Waals surface area contributed by atoms with Gasteiger partial charge in [0.05, 0.1) is 6.04 Å². The van der Waals surface area contributed by atoms with Gasteiger partial charge in [-0.25, -0.2) is 0 Å². The maximum Gasteiger partial charge on any atom is 0.220 e. The van der Waals surface area contributed by atoms with Crippen LogP contribution in [0.3, 0.4) is 0 Å². The summed E-state index contributed by atoms with van der Waals surface area (Å²) in [5, 5.41) is 4.57. The first-order valence-electron chi connectivity index (χ1n) is 11.0. The van der Waals surface area contributed by atoms with Crippen LogP contribution < -0.4 is 5.32 Å². The molecule has 1 aliphatic heterocycles. The molecule has 2 aromatic carbocycles. The maximum atomic E-state index is 12.8. The average Bonchev–Trinajstić information content (AvgIpc) is 3.19. The van der Waals surface area contributed by atoms with Gasteiger partial charge in [-0.05, 0) is 37.1 Å². The summed E-state index contributed by atoms with van der Waals surface area (Å²) in [5.74, 6) is 0.137. The number of benzene rings is 2. The summed E-state index contributed by atoms with van der Waals surface area (Å²) < 4.78 is 0. The van der Waals surface area contributed by atoms with E-state index in [-0.39, 0.29) is 11.9 Å². The van der Waals surface area contributed by atoms with Crippen molar-refractivity contribution in [2.75, 3.05) is 39.8 Å². The van der Waals surface area contributed by atoms with E-state index in [4.69, 9.17) is 0 Å². The number of hydrogen-bond acceptors (Lipinski definition) is 3. The number of aryl methyl sites for hydroxylation is 1. The number of para-hydroxylation sites is 1. The SMILES string of the molecule is CN1CCN(CC(NC(=O)CCCc2c[nH]c3ccccc23)c2ccccc2)CC1. The zero-order chi connectivity index (χ0) is 20.8. The number of H-pyrrole nitrogens is 1. The Balaban J connectivity index is 1.33. The molecule has 1 unspecified atom stereocenters. The van der Waals surface area contributed by atoms with Crippen molar-refractivity contribution < 1.29 is 4.79 Å². The summed E-state index contributed by atoms with van der Waals surface area (Å²) >= 11 is 0. The van der Waals surface area contributed by atoms with Crippen molar-refractivity contribution in [3.8, 4) is 0 Å². The molecule has 1 atom stereocenters. The molecule has 158 valence electrons. The van der Waals surface area contributed by atoms with Gasteiger partial charge in [0.15, 0.2) is 0 Å². The van der Waals surface area contributed by atoms with Crippen molar-refractivity contribution in [1.29, 1.82) is 0 Å². The molecule has 5 heteroatoms. The molecular formula is C25H32N4O. The Morgan fingerprint density at radius 3 is 2.57 bits per heavy atom. The van der Waals surface area contributed by atoms with E-state index in [0.717, 1.165) is 51.1 Å². The molecule has 2 heterocycles. The minimum absolute atomic E-state index is 0.0372. The first-order chi connectivity index (χ1) is 14.7. The number of piperazine rings is 1. The summed E-state index contributed by atoms with van der Waals surface area (Å²) in [5.41, 5.74) is 3.63. The van der Waals surface area contributed by atoms with Crippen LogP contribution >= 0.6 is 0 Å². The molecule has 0 spiro atoms. The molecule has 2 N–H and O–H groups in total. The Kier molecular flexibility index (Phi) is 6.82. The number of fused-ring (bicyclic) bond motifs is 1. The fourth-order valence-electron chi connectivity index (χ4n) is 4.25. The molecular weight excluding hydrogens is 372 g/mol. The summed E-state index contributed by atoms with van der Waals surface area (Å²) in [6, 6.07) is 18.7. The van der Waals surface area contributed by atoms with Gasteiger partial charge in [-0.2, -0.15) is 0 Å². The molecule has 1 saturated heterocycles. The molecule has 1 fully saturated rings. The largest absolute Gasteiger partial charge is 0.361 e. The van der Waals surface area contributed by atoms with Crippen molar-refractivity contribution in [1.82, 2.24) is 20.1 Å². The molecule has 5 nitrogen and oxygen atoms in total. The van der Waals surface area contributed by atoms with Crippen LogP contribution in [0.2, 0.25) is 0 Å². The zero-order valence-electron chi connectivity index (χ0n) is 17.8. The summed E-state index contributed by atoms with van der Waals surface area (Å²) in [6.07, 6.45) is 4.38. The van der Waals surface area contributed by atoms with Crippen LogP contribution in [0.4, 0.5) is 0 Å². The average molecular weight is 405 g/mol. The molecule has 1 aliphatic rings. The molecule has 4 rings (SSSR count). The van der Waals surface area contributed by atoms with Crippen LogP contribution in [-0.4, -0.2) is 60.5 Å². The summed E-state index contributed by atoms with van der Waals surface area (Å²) in [4.78, 5) is 20.9. The highest BCUT2D eigenvalue weighted by Gasteiger charge is 2.21. The number of carbonyl (C=O) groups is 1. The molecule has 1 aromatic heterocycles. The van der Waals surface area contributed by atoms with E-state index in [0.29, 0.717) is 6.42 Å². The highest BCUT2D eigenvalue weighted by atomic mass is 16.1. The number of carbonyl (C=O) groups excluding carboxylic acids is 1. The minimum atomic E-state index is 0.0372. The molecule has 0 saturated carbocycles. The highest BCUT2D eigenvalue weighted by molar-refractivity contribution is 5.83.